The summed E-state index contributed by atoms with van der Waals surface area (Å²) in [5.41, 5.74) is 1.74. The maximum absolute atomic E-state index is 12.5. The molecule has 142 valence electrons. The molecular formula is C21H24N2O4. The van der Waals surface area contributed by atoms with Gasteiger partial charge in [0.1, 0.15) is 11.5 Å². The van der Waals surface area contributed by atoms with Gasteiger partial charge < -0.3 is 19.3 Å². The second-order valence-electron chi connectivity index (χ2n) is 6.57. The SMILES string of the molecule is COc1ccc(CN(C)C(=O)CCN2C(=O)[C@H](C)Oc3ccccc32)cc1. The summed E-state index contributed by atoms with van der Waals surface area (Å²) in [4.78, 5) is 28.3. The largest absolute Gasteiger partial charge is 0.497 e. The number of fused-ring (bicyclic) bond motifs is 1. The molecule has 0 aliphatic carbocycles. The molecule has 0 saturated carbocycles. The lowest BCUT2D eigenvalue weighted by molar-refractivity contribution is -0.130. The number of carbonyl (C=O) groups is 2. The van der Waals surface area contributed by atoms with Crippen molar-refractivity contribution in [1.29, 1.82) is 0 Å². The van der Waals surface area contributed by atoms with Gasteiger partial charge in [-0.1, -0.05) is 24.3 Å². The number of carbonyl (C=O) groups excluding carboxylic acids is 2. The first-order valence-electron chi connectivity index (χ1n) is 8.93. The molecule has 0 saturated heterocycles. The van der Waals surface area contributed by atoms with Gasteiger partial charge in [0.2, 0.25) is 5.91 Å². The lowest BCUT2D eigenvalue weighted by Crippen LogP contribution is -2.45. The fourth-order valence-electron chi connectivity index (χ4n) is 3.08. The number of hydrogen-bond acceptors (Lipinski definition) is 4. The molecule has 0 fully saturated rings. The smallest absolute Gasteiger partial charge is 0.267 e. The van der Waals surface area contributed by atoms with Crippen molar-refractivity contribution in [3.8, 4) is 11.5 Å². The van der Waals surface area contributed by atoms with Gasteiger partial charge in [-0.2, -0.15) is 0 Å². The van der Waals surface area contributed by atoms with E-state index in [1.807, 2.05) is 48.5 Å². The standard InChI is InChI=1S/C21H24N2O4/c1-15-21(25)23(18-6-4-5-7-19(18)27-15)13-12-20(24)22(2)14-16-8-10-17(26-3)11-9-16/h4-11,15H,12-14H2,1-3H3/t15-/m0/s1. The van der Waals surface area contributed by atoms with E-state index in [0.29, 0.717) is 24.5 Å². The van der Waals surface area contributed by atoms with Crippen LogP contribution in [0.5, 0.6) is 11.5 Å². The van der Waals surface area contributed by atoms with E-state index in [0.717, 1.165) is 11.3 Å². The predicted molar refractivity (Wildman–Crippen MR) is 103 cm³/mol. The topological polar surface area (TPSA) is 59.1 Å². The minimum absolute atomic E-state index is 0.0183. The van der Waals surface area contributed by atoms with Crippen molar-refractivity contribution in [2.24, 2.45) is 0 Å². The molecule has 0 spiro atoms. The number of methoxy groups -OCH3 is 1. The Morgan fingerprint density at radius 2 is 1.89 bits per heavy atom. The quantitative estimate of drug-likeness (QED) is 0.787. The van der Waals surface area contributed by atoms with Crippen LogP contribution in [0.15, 0.2) is 48.5 Å². The van der Waals surface area contributed by atoms with Gasteiger partial charge in [0.25, 0.3) is 5.91 Å². The molecule has 1 aliphatic heterocycles. The van der Waals surface area contributed by atoms with Gasteiger partial charge in [0, 0.05) is 26.6 Å². The highest BCUT2D eigenvalue weighted by Crippen LogP contribution is 2.33. The molecule has 2 aromatic rings. The molecule has 0 unspecified atom stereocenters. The highest BCUT2D eigenvalue weighted by molar-refractivity contribution is 6.00. The lowest BCUT2D eigenvalue weighted by atomic mass is 10.1. The van der Waals surface area contributed by atoms with Crippen LogP contribution < -0.4 is 14.4 Å². The van der Waals surface area contributed by atoms with E-state index in [1.165, 1.54) is 0 Å². The molecular weight excluding hydrogens is 344 g/mol. The molecule has 0 bridgehead atoms. The van der Waals surface area contributed by atoms with Gasteiger partial charge in [0.05, 0.1) is 12.8 Å². The van der Waals surface area contributed by atoms with Gasteiger partial charge in [0.15, 0.2) is 6.10 Å². The fourth-order valence-corrected chi connectivity index (χ4v) is 3.08. The van der Waals surface area contributed by atoms with E-state index in [2.05, 4.69) is 0 Å². The van der Waals surface area contributed by atoms with Crippen molar-refractivity contribution in [3.63, 3.8) is 0 Å². The first-order valence-corrected chi connectivity index (χ1v) is 8.93. The third kappa shape index (κ3) is 4.22. The van der Waals surface area contributed by atoms with Crippen molar-refractivity contribution in [2.45, 2.75) is 26.0 Å². The zero-order chi connectivity index (χ0) is 19.4. The van der Waals surface area contributed by atoms with Gasteiger partial charge in [-0.15, -0.1) is 0 Å². The van der Waals surface area contributed by atoms with Crippen LogP contribution in [0.2, 0.25) is 0 Å². The number of hydrogen-bond donors (Lipinski definition) is 0. The summed E-state index contributed by atoms with van der Waals surface area (Å²) in [5, 5.41) is 0. The van der Waals surface area contributed by atoms with Crippen LogP contribution in [0.1, 0.15) is 18.9 Å². The first-order chi connectivity index (χ1) is 13.0. The fraction of sp³-hybridized carbons (Fsp3) is 0.333. The maximum atomic E-state index is 12.5. The summed E-state index contributed by atoms with van der Waals surface area (Å²) in [7, 11) is 3.39. The Bertz CT molecular complexity index is 819. The number of nitrogens with zero attached hydrogens (tertiary/aromatic N) is 2. The van der Waals surface area contributed by atoms with Gasteiger partial charge >= 0.3 is 0 Å². The molecule has 2 aromatic carbocycles. The molecule has 1 heterocycles. The summed E-state index contributed by atoms with van der Waals surface area (Å²) >= 11 is 0. The second-order valence-corrected chi connectivity index (χ2v) is 6.57. The van der Waals surface area contributed by atoms with E-state index >= 15 is 0 Å². The Morgan fingerprint density at radius 1 is 1.19 bits per heavy atom. The van der Waals surface area contributed by atoms with Crippen molar-refractivity contribution in [1.82, 2.24) is 4.90 Å². The Labute approximate surface area is 159 Å². The first kappa shape index (κ1) is 18.8. The van der Waals surface area contributed by atoms with Crippen molar-refractivity contribution >= 4 is 17.5 Å². The van der Waals surface area contributed by atoms with Crippen LogP contribution in [0.25, 0.3) is 0 Å². The van der Waals surface area contributed by atoms with E-state index in [4.69, 9.17) is 9.47 Å². The highest BCUT2D eigenvalue weighted by atomic mass is 16.5. The van der Waals surface area contributed by atoms with Crippen molar-refractivity contribution in [3.05, 3.63) is 54.1 Å². The van der Waals surface area contributed by atoms with Crippen molar-refractivity contribution in [2.75, 3.05) is 25.6 Å². The number of benzene rings is 2. The van der Waals surface area contributed by atoms with Crippen LogP contribution in [-0.2, 0) is 16.1 Å². The minimum atomic E-state index is -0.549. The number of rotatable bonds is 6. The molecule has 3 rings (SSSR count). The average Bonchev–Trinajstić information content (AvgIpc) is 2.68. The molecule has 6 nitrogen and oxygen atoms in total. The van der Waals surface area contributed by atoms with Crippen LogP contribution in [0.4, 0.5) is 5.69 Å². The number of amides is 2. The number of anilines is 1. The number of ether oxygens (including phenoxy) is 2. The summed E-state index contributed by atoms with van der Waals surface area (Å²) in [6.45, 7) is 2.56. The molecule has 2 amide bonds. The molecule has 27 heavy (non-hydrogen) atoms. The van der Waals surface area contributed by atoms with Gasteiger partial charge in [-0.25, -0.2) is 0 Å². The minimum Gasteiger partial charge on any atom is -0.497 e. The molecule has 1 atom stereocenters. The monoisotopic (exact) mass is 368 g/mol. The summed E-state index contributed by atoms with van der Waals surface area (Å²) in [5.74, 6) is 1.31. The predicted octanol–water partition coefficient (Wildman–Crippen LogP) is 2.86. The molecule has 0 radical (unpaired) electrons. The number of para-hydroxylation sites is 2. The Kier molecular flexibility index (Phi) is 5.64. The van der Waals surface area contributed by atoms with Crippen molar-refractivity contribution < 1.29 is 19.1 Å². The molecule has 1 aliphatic rings. The van der Waals surface area contributed by atoms with Crippen LogP contribution >= 0.6 is 0 Å². The zero-order valence-electron chi connectivity index (χ0n) is 15.8. The van der Waals surface area contributed by atoms with Gasteiger partial charge in [-0.3, -0.25) is 9.59 Å². The zero-order valence-corrected chi connectivity index (χ0v) is 15.8. The molecule has 0 N–H and O–H groups in total. The third-order valence-corrected chi connectivity index (χ3v) is 4.63. The summed E-state index contributed by atoms with van der Waals surface area (Å²) < 4.78 is 10.8. The molecule has 6 heteroatoms. The maximum Gasteiger partial charge on any atom is 0.267 e. The highest BCUT2D eigenvalue weighted by Gasteiger charge is 2.31. The molecule has 0 aromatic heterocycles. The normalized spacial score (nSPS) is 15.7. The van der Waals surface area contributed by atoms with E-state index in [-0.39, 0.29) is 18.2 Å². The van der Waals surface area contributed by atoms with E-state index < -0.39 is 6.10 Å². The lowest BCUT2D eigenvalue weighted by Gasteiger charge is -2.33. The third-order valence-electron chi connectivity index (χ3n) is 4.63. The van der Waals surface area contributed by atoms with Gasteiger partial charge in [-0.05, 0) is 36.8 Å². The van der Waals surface area contributed by atoms with Crippen LogP contribution in [-0.4, -0.2) is 43.5 Å². The Morgan fingerprint density at radius 3 is 2.59 bits per heavy atom. The Balaban J connectivity index is 1.61. The average molecular weight is 368 g/mol. The van der Waals surface area contributed by atoms with Crippen LogP contribution in [0, 0.1) is 0 Å². The van der Waals surface area contributed by atoms with E-state index in [9.17, 15) is 9.59 Å². The van der Waals surface area contributed by atoms with Crippen LogP contribution in [0.3, 0.4) is 0 Å². The summed E-state index contributed by atoms with van der Waals surface area (Å²) in [6.07, 6.45) is -0.300. The van der Waals surface area contributed by atoms with E-state index in [1.54, 1.807) is 30.9 Å². The Hall–Kier alpha value is -3.02. The summed E-state index contributed by atoms with van der Waals surface area (Å²) in [6, 6.07) is 15.0. The second kappa shape index (κ2) is 8.12.